The van der Waals surface area contributed by atoms with Crippen molar-refractivity contribution in [1.29, 1.82) is 0 Å². The Morgan fingerprint density at radius 1 is 1.38 bits per heavy atom. The molecule has 0 saturated heterocycles. The fourth-order valence-electron chi connectivity index (χ4n) is 1.58. The highest BCUT2D eigenvalue weighted by atomic mass is 79.9. The first-order chi connectivity index (χ1) is 7.51. The molecule has 4 heteroatoms. The highest BCUT2D eigenvalue weighted by molar-refractivity contribution is 9.10. The summed E-state index contributed by atoms with van der Waals surface area (Å²) < 4.78 is 0.804. The van der Waals surface area contributed by atoms with E-state index in [1.165, 1.54) is 0 Å². The van der Waals surface area contributed by atoms with Gasteiger partial charge in [0.25, 0.3) is 5.91 Å². The number of phenols is 1. The summed E-state index contributed by atoms with van der Waals surface area (Å²) >= 11 is 3.33. The first-order valence-corrected chi connectivity index (χ1v) is 6.08. The molecule has 0 radical (unpaired) electrons. The Labute approximate surface area is 104 Å². The molecule has 3 nitrogen and oxygen atoms in total. The first-order valence-electron chi connectivity index (χ1n) is 5.29. The zero-order chi connectivity index (χ0) is 12.3. The molecule has 16 heavy (non-hydrogen) atoms. The Hall–Kier alpha value is -1.03. The third kappa shape index (κ3) is 2.55. The second-order valence-corrected chi connectivity index (χ2v) is 4.51. The summed E-state index contributed by atoms with van der Waals surface area (Å²) in [5.41, 5.74) is 1.06. The van der Waals surface area contributed by atoms with Crippen LogP contribution in [0.25, 0.3) is 0 Å². The second-order valence-electron chi connectivity index (χ2n) is 3.60. The molecule has 0 aromatic heterocycles. The van der Waals surface area contributed by atoms with Gasteiger partial charge in [-0.15, -0.1) is 0 Å². The van der Waals surface area contributed by atoms with Gasteiger partial charge in [0.1, 0.15) is 5.75 Å². The van der Waals surface area contributed by atoms with E-state index in [-0.39, 0.29) is 11.7 Å². The van der Waals surface area contributed by atoms with Crippen molar-refractivity contribution in [2.24, 2.45) is 0 Å². The van der Waals surface area contributed by atoms with Gasteiger partial charge in [-0.3, -0.25) is 4.79 Å². The second kappa shape index (κ2) is 5.34. The van der Waals surface area contributed by atoms with Crippen molar-refractivity contribution in [3.05, 3.63) is 27.7 Å². The van der Waals surface area contributed by atoms with Crippen LogP contribution in [0.15, 0.2) is 16.6 Å². The van der Waals surface area contributed by atoms with Crippen molar-refractivity contribution in [3.63, 3.8) is 0 Å². The molecule has 0 saturated carbocycles. The highest BCUT2D eigenvalue weighted by Gasteiger charge is 2.18. The van der Waals surface area contributed by atoms with Gasteiger partial charge in [-0.05, 0) is 38.5 Å². The average Bonchev–Trinajstić information content (AvgIpc) is 2.24. The summed E-state index contributed by atoms with van der Waals surface area (Å²) in [5.74, 6) is -0.0630. The minimum atomic E-state index is -0.132. The van der Waals surface area contributed by atoms with Gasteiger partial charge in [-0.25, -0.2) is 0 Å². The lowest BCUT2D eigenvalue weighted by Gasteiger charge is -2.19. The molecule has 0 atom stereocenters. The van der Waals surface area contributed by atoms with E-state index in [0.717, 1.165) is 4.47 Å². The summed E-state index contributed by atoms with van der Waals surface area (Å²) in [5, 5.41) is 9.86. The van der Waals surface area contributed by atoms with Crippen molar-refractivity contribution < 1.29 is 9.90 Å². The zero-order valence-corrected chi connectivity index (χ0v) is 11.3. The van der Waals surface area contributed by atoms with Crippen LogP contribution in [0.4, 0.5) is 0 Å². The van der Waals surface area contributed by atoms with E-state index in [1.807, 2.05) is 13.8 Å². The van der Waals surface area contributed by atoms with Crippen LogP contribution in [0.2, 0.25) is 0 Å². The van der Waals surface area contributed by atoms with E-state index in [0.29, 0.717) is 24.2 Å². The van der Waals surface area contributed by atoms with E-state index in [4.69, 9.17) is 0 Å². The monoisotopic (exact) mass is 285 g/mol. The average molecular weight is 286 g/mol. The Morgan fingerprint density at radius 2 is 1.94 bits per heavy atom. The van der Waals surface area contributed by atoms with Crippen LogP contribution in [0.1, 0.15) is 29.8 Å². The van der Waals surface area contributed by atoms with Gasteiger partial charge in [-0.2, -0.15) is 0 Å². The van der Waals surface area contributed by atoms with Crippen molar-refractivity contribution in [2.45, 2.75) is 20.8 Å². The van der Waals surface area contributed by atoms with E-state index < -0.39 is 0 Å². The summed E-state index contributed by atoms with van der Waals surface area (Å²) in [7, 11) is 0. The highest BCUT2D eigenvalue weighted by Crippen LogP contribution is 2.27. The van der Waals surface area contributed by atoms with Gasteiger partial charge in [0.2, 0.25) is 0 Å². The van der Waals surface area contributed by atoms with Gasteiger partial charge < -0.3 is 10.0 Å². The molecule has 1 N–H and O–H groups in total. The fourth-order valence-corrected chi connectivity index (χ4v) is 2.15. The van der Waals surface area contributed by atoms with Crippen LogP contribution >= 0.6 is 15.9 Å². The molecule has 0 aliphatic rings. The summed E-state index contributed by atoms with van der Waals surface area (Å²) in [6, 6.07) is 3.44. The van der Waals surface area contributed by atoms with Gasteiger partial charge in [-0.1, -0.05) is 15.9 Å². The van der Waals surface area contributed by atoms with Crippen LogP contribution < -0.4 is 0 Å². The van der Waals surface area contributed by atoms with Gasteiger partial charge in [0.05, 0.1) is 5.56 Å². The molecule has 0 spiro atoms. The minimum absolute atomic E-state index is 0.0695. The van der Waals surface area contributed by atoms with Crippen molar-refractivity contribution >= 4 is 21.8 Å². The predicted molar refractivity (Wildman–Crippen MR) is 67.8 cm³/mol. The predicted octanol–water partition coefficient (Wildman–Crippen LogP) is 2.95. The lowest BCUT2D eigenvalue weighted by Crippen LogP contribution is -2.30. The molecular weight excluding hydrogens is 270 g/mol. The third-order valence-electron chi connectivity index (χ3n) is 2.55. The zero-order valence-electron chi connectivity index (χ0n) is 9.75. The summed E-state index contributed by atoms with van der Waals surface area (Å²) in [6.45, 7) is 6.90. The summed E-state index contributed by atoms with van der Waals surface area (Å²) in [6.07, 6.45) is 0. The molecule has 1 amide bonds. The maximum atomic E-state index is 12.1. The summed E-state index contributed by atoms with van der Waals surface area (Å²) in [4.78, 5) is 13.8. The number of benzene rings is 1. The Morgan fingerprint density at radius 3 is 2.44 bits per heavy atom. The van der Waals surface area contributed by atoms with Crippen LogP contribution in [-0.2, 0) is 0 Å². The third-order valence-corrected chi connectivity index (χ3v) is 3.00. The quantitative estimate of drug-likeness (QED) is 0.928. The van der Waals surface area contributed by atoms with Crippen molar-refractivity contribution in [2.75, 3.05) is 13.1 Å². The molecule has 0 bridgehead atoms. The standard InChI is InChI=1S/C12H16BrNO2/c1-4-14(5-2)12(16)10-7-9(13)6-8(3)11(10)15/h6-7,15H,4-5H2,1-3H3. The van der Waals surface area contributed by atoms with Crippen LogP contribution in [-0.4, -0.2) is 29.0 Å². The number of nitrogens with zero attached hydrogens (tertiary/aromatic N) is 1. The number of amides is 1. The normalized spacial score (nSPS) is 10.2. The molecule has 1 aromatic rings. The van der Waals surface area contributed by atoms with Crippen molar-refractivity contribution in [3.8, 4) is 5.75 Å². The van der Waals surface area contributed by atoms with Crippen LogP contribution in [0, 0.1) is 6.92 Å². The molecule has 0 fully saturated rings. The number of phenolic OH excluding ortho intramolecular Hbond substituents is 1. The number of carbonyl (C=O) groups is 1. The number of carbonyl (C=O) groups excluding carboxylic acids is 1. The smallest absolute Gasteiger partial charge is 0.257 e. The molecule has 0 heterocycles. The number of hydrogen-bond donors (Lipinski definition) is 1. The number of rotatable bonds is 3. The Bertz CT molecular complexity index is 400. The van der Waals surface area contributed by atoms with Gasteiger partial charge in [0.15, 0.2) is 0 Å². The molecule has 0 unspecified atom stereocenters. The number of aromatic hydroxyl groups is 1. The first kappa shape index (κ1) is 13.0. The van der Waals surface area contributed by atoms with Crippen LogP contribution in [0.3, 0.4) is 0 Å². The van der Waals surface area contributed by atoms with E-state index in [9.17, 15) is 9.90 Å². The lowest BCUT2D eigenvalue weighted by atomic mass is 10.1. The minimum Gasteiger partial charge on any atom is -0.507 e. The number of aryl methyl sites for hydroxylation is 1. The largest absolute Gasteiger partial charge is 0.507 e. The van der Waals surface area contributed by atoms with E-state index >= 15 is 0 Å². The molecular formula is C12H16BrNO2. The fraction of sp³-hybridized carbons (Fsp3) is 0.417. The van der Waals surface area contributed by atoms with E-state index in [2.05, 4.69) is 15.9 Å². The molecule has 0 aliphatic heterocycles. The van der Waals surface area contributed by atoms with Crippen molar-refractivity contribution in [1.82, 2.24) is 4.90 Å². The number of halogens is 1. The Kier molecular flexibility index (Phi) is 4.35. The maximum absolute atomic E-state index is 12.1. The van der Waals surface area contributed by atoms with Gasteiger partial charge in [0, 0.05) is 17.6 Å². The number of hydrogen-bond acceptors (Lipinski definition) is 2. The van der Waals surface area contributed by atoms with Gasteiger partial charge >= 0.3 is 0 Å². The van der Waals surface area contributed by atoms with E-state index in [1.54, 1.807) is 24.0 Å². The SMILES string of the molecule is CCN(CC)C(=O)c1cc(Br)cc(C)c1O. The molecule has 88 valence electrons. The molecule has 1 rings (SSSR count). The Balaban J connectivity index is 3.17. The molecule has 0 aliphatic carbocycles. The lowest BCUT2D eigenvalue weighted by molar-refractivity contribution is 0.0769. The maximum Gasteiger partial charge on any atom is 0.257 e. The van der Waals surface area contributed by atoms with Crippen LogP contribution in [0.5, 0.6) is 5.75 Å². The topological polar surface area (TPSA) is 40.5 Å². The molecule has 1 aromatic carbocycles.